The van der Waals surface area contributed by atoms with Gasteiger partial charge in [0, 0.05) is 12.0 Å². The Morgan fingerprint density at radius 3 is 2.38 bits per heavy atom. The molecule has 4 nitrogen and oxygen atoms in total. The van der Waals surface area contributed by atoms with Crippen LogP contribution in [0.3, 0.4) is 0 Å². The van der Waals surface area contributed by atoms with Gasteiger partial charge in [-0.1, -0.05) is 20.8 Å². The van der Waals surface area contributed by atoms with Crippen LogP contribution in [0.1, 0.15) is 39.0 Å². The van der Waals surface area contributed by atoms with Crippen LogP contribution in [0.2, 0.25) is 0 Å². The number of nitrogens with zero attached hydrogens (tertiary/aromatic N) is 2. The van der Waals surface area contributed by atoms with Crippen LogP contribution in [0.15, 0.2) is 23.0 Å². The summed E-state index contributed by atoms with van der Waals surface area (Å²) in [6.45, 7) is 10.4. The Balaban J connectivity index is 2.85. The van der Waals surface area contributed by atoms with Gasteiger partial charge in [0.2, 0.25) is 0 Å². The summed E-state index contributed by atoms with van der Waals surface area (Å²) >= 11 is 0. The third kappa shape index (κ3) is 2.48. The van der Waals surface area contributed by atoms with Crippen LogP contribution in [-0.4, -0.2) is 9.36 Å². The lowest BCUT2D eigenvalue weighted by atomic mass is 9.91. The Morgan fingerprint density at radius 2 is 1.90 bits per heavy atom. The summed E-state index contributed by atoms with van der Waals surface area (Å²) in [6.07, 6.45) is 0. The predicted molar refractivity (Wildman–Crippen MR) is 83.5 cm³/mol. The van der Waals surface area contributed by atoms with Gasteiger partial charge in [-0.25, -0.2) is 9.07 Å². The number of aromatic nitrogens is 2. The normalized spacial score (nSPS) is 11.9. The zero-order valence-electron chi connectivity index (χ0n) is 13.2. The van der Waals surface area contributed by atoms with Crippen molar-refractivity contribution in [3.05, 3.63) is 45.6 Å². The molecule has 1 aromatic carbocycles. The summed E-state index contributed by atoms with van der Waals surface area (Å²) < 4.78 is 16.7. The molecule has 0 amide bonds. The van der Waals surface area contributed by atoms with E-state index in [1.165, 1.54) is 12.1 Å². The molecule has 5 heteroatoms. The van der Waals surface area contributed by atoms with Crippen LogP contribution >= 0.6 is 0 Å². The third-order valence-corrected chi connectivity index (χ3v) is 3.57. The van der Waals surface area contributed by atoms with Crippen molar-refractivity contribution >= 4 is 5.69 Å². The lowest BCUT2D eigenvalue weighted by Crippen LogP contribution is -2.24. The molecule has 0 spiro atoms. The molecule has 0 aliphatic carbocycles. The van der Waals surface area contributed by atoms with E-state index in [1.807, 2.05) is 32.4 Å². The molecule has 2 N–H and O–H groups in total. The summed E-state index contributed by atoms with van der Waals surface area (Å²) in [5.41, 5.74) is 7.97. The average Bonchev–Trinajstić information content (AvgIpc) is 2.62. The van der Waals surface area contributed by atoms with Gasteiger partial charge in [0.05, 0.1) is 11.4 Å². The van der Waals surface area contributed by atoms with E-state index < -0.39 is 0 Å². The Labute approximate surface area is 124 Å². The molecule has 0 saturated carbocycles. The zero-order valence-corrected chi connectivity index (χ0v) is 13.2. The molecule has 2 aromatic rings. The first-order valence-corrected chi connectivity index (χ1v) is 7.06. The van der Waals surface area contributed by atoms with Gasteiger partial charge in [0.1, 0.15) is 11.5 Å². The van der Waals surface area contributed by atoms with Gasteiger partial charge in [-0.3, -0.25) is 9.48 Å². The Bertz CT molecular complexity index is 735. The molecule has 0 fully saturated rings. The molecule has 2 rings (SSSR count). The van der Waals surface area contributed by atoms with E-state index >= 15 is 0 Å². The van der Waals surface area contributed by atoms with E-state index in [0.29, 0.717) is 17.8 Å². The first-order valence-electron chi connectivity index (χ1n) is 7.06. The minimum Gasteiger partial charge on any atom is -0.393 e. The SMILES string of the molecule is CCn1c(C(C)(C)C)c(N)c(=O)n1-c1ccc(F)cc1C. The van der Waals surface area contributed by atoms with Gasteiger partial charge in [0.25, 0.3) is 5.56 Å². The molecule has 114 valence electrons. The number of benzene rings is 1. The monoisotopic (exact) mass is 291 g/mol. The standard InChI is InChI=1S/C16H22FN3O/c1-6-19-14(16(3,4)5)13(18)15(21)20(19)12-8-7-11(17)9-10(12)2/h7-9H,6,18H2,1-5H3. The molecule has 0 saturated heterocycles. The molecule has 0 unspecified atom stereocenters. The highest BCUT2D eigenvalue weighted by Gasteiger charge is 2.27. The van der Waals surface area contributed by atoms with Crippen molar-refractivity contribution in [2.75, 3.05) is 5.73 Å². The Hall–Kier alpha value is -2.04. The largest absolute Gasteiger partial charge is 0.393 e. The van der Waals surface area contributed by atoms with E-state index in [0.717, 1.165) is 5.69 Å². The molecule has 1 heterocycles. The molecular weight excluding hydrogens is 269 g/mol. The van der Waals surface area contributed by atoms with E-state index in [9.17, 15) is 9.18 Å². The van der Waals surface area contributed by atoms with Gasteiger partial charge in [-0.15, -0.1) is 0 Å². The number of hydrogen-bond donors (Lipinski definition) is 1. The number of anilines is 1. The highest BCUT2D eigenvalue weighted by molar-refractivity contribution is 5.50. The first kappa shape index (κ1) is 15.4. The topological polar surface area (TPSA) is 52.9 Å². The lowest BCUT2D eigenvalue weighted by Gasteiger charge is -2.23. The number of halogens is 1. The molecule has 0 atom stereocenters. The van der Waals surface area contributed by atoms with Crippen molar-refractivity contribution in [1.29, 1.82) is 0 Å². The third-order valence-electron chi connectivity index (χ3n) is 3.57. The second-order valence-electron chi connectivity index (χ2n) is 6.28. The van der Waals surface area contributed by atoms with Crippen molar-refractivity contribution in [1.82, 2.24) is 9.36 Å². The average molecular weight is 291 g/mol. The molecule has 0 aliphatic rings. The lowest BCUT2D eigenvalue weighted by molar-refractivity contribution is 0.469. The van der Waals surface area contributed by atoms with Gasteiger partial charge in [0.15, 0.2) is 0 Å². The van der Waals surface area contributed by atoms with Crippen molar-refractivity contribution in [3.63, 3.8) is 0 Å². The number of nitrogen functional groups attached to an aromatic ring is 1. The number of nitrogens with two attached hydrogens (primary N) is 1. The maximum atomic E-state index is 13.3. The molecule has 21 heavy (non-hydrogen) atoms. The van der Waals surface area contributed by atoms with Crippen molar-refractivity contribution < 1.29 is 4.39 Å². The van der Waals surface area contributed by atoms with Crippen LogP contribution < -0.4 is 11.3 Å². The fourth-order valence-corrected chi connectivity index (χ4v) is 2.75. The highest BCUT2D eigenvalue weighted by atomic mass is 19.1. The van der Waals surface area contributed by atoms with Gasteiger partial charge in [-0.05, 0) is 37.6 Å². The van der Waals surface area contributed by atoms with E-state index in [-0.39, 0.29) is 22.5 Å². The van der Waals surface area contributed by atoms with Crippen LogP contribution in [0, 0.1) is 12.7 Å². The van der Waals surface area contributed by atoms with Crippen LogP contribution in [0.4, 0.5) is 10.1 Å². The van der Waals surface area contributed by atoms with Crippen LogP contribution in [-0.2, 0) is 12.0 Å². The highest BCUT2D eigenvalue weighted by Crippen LogP contribution is 2.28. The Morgan fingerprint density at radius 1 is 1.29 bits per heavy atom. The minimum absolute atomic E-state index is 0.252. The molecule has 0 aliphatic heterocycles. The summed E-state index contributed by atoms with van der Waals surface area (Å²) in [6, 6.07) is 4.39. The molecule has 1 aromatic heterocycles. The van der Waals surface area contributed by atoms with E-state index in [1.54, 1.807) is 17.7 Å². The minimum atomic E-state index is -0.317. The number of aryl methyl sites for hydroxylation is 1. The fraction of sp³-hybridized carbons (Fsp3) is 0.438. The summed E-state index contributed by atoms with van der Waals surface area (Å²) in [7, 11) is 0. The van der Waals surface area contributed by atoms with Gasteiger partial charge < -0.3 is 5.73 Å². The fourth-order valence-electron chi connectivity index (χ4n) is 2.75. The summed E-state index contributed by atoms with van der Waals surface area (Å²) in [5, 5.41) is 0. The maximum Gasteiger partial charge on any atom is 0.294 e. The first-order chi connectivity index (χ1) is 9.68. The quantitative estimate of drug-likeness (QED) is 0.924. The molecule has 0 radical (unpaired) electrons. The van der Waals surface area contributed by atoms with Gasteiger partial charge >= 0.3 is 0 Å². The smallest absolute Gasteiger partial charge is 0.294 e. The van der Waals surface area contributed by atoms with Crippen molar-refractivity contribution in [2.24, 2.45) is 0 Å². The van der Waals surface area contributed by atoms with Crippen LogP contribution in [0.25, 0.3) is 5.69 Å². The Kier molecular flexibility index (Phi) is 3.70. The predicted octanol–water partition coefficient (Wildman–Crippen LogP) is 2.99. The van der Waals surface area contributed by atoms with Crippen molar-refractivity contribution in [3.8, 4) is 5.69 Å². The maximum absolute atomic E-state index is 13.3. The zero-order chi connectivity index (χ0) is 15.9. The number of hydrogen-bond acceptors (Lipinski definition) is 2. The van der Waals surface area contributed by atoms with E-state index in [4.69, 9.17) is 5.73 Å². The van der Waals surface area contributed by atoms with E-state index in [2.05, 4.69) is 0 Å². The van der Waals surface area contributed by atoms with Crippen LogP contribution in [0.5, 0.6) is 0 Å². The number of rotatable bonds is 2. The van der Waals surface area contributed by atoms with Gasteiger partial charge in [-0.2, -0.15) is 0 Å². The van der Waals surface area contributed by atoms with Crippen molar-refractivity contribution in [2.45, 2.75) is 46.6 Å². The molecular formula is C16H22FN3O. The summed E-state index contributed by atoms with van der Waals surface area (Å²) in [4.78, 5) is 12.6. The second kappa shape index (κ2) is 5.06. The molecule has 0 bridgehead atoms. The summed E-state index contributed by atoms with van der Waals surface area (Å²) in [5.74, 6) is -0.317. The second-order valence-corrected chi connectivity index (χ2v) is 6.28.